The van der Waals surface area contributed by atoms with Gasteiger partial charge in [-0.15, -0.1) is 11.3 Å². The summed E-state index contributed by atoms with van der Waals surface area (Å²) in [6.45, 7) is 2.35. The first-order chi connectivity index (χ1) is 9.69. The van der Waals surface area contributed by atoms with Crippen LogP contribution in [-0.4, -0.2) is 18.0 Å². The highest BCUT2D eigenvalue weighted by Gasteiger charge is 2.26. The molecule has 1 atom stereocenters. The standard InChI is InChI=1S/C15H16BrFN2S/c16-13-2-1-11(17)7-12(13)14(8-18)19-5-3-15-10(9-19)4-6-20-15/h1-2,4,6-7,14H,3,5,8-9,18H2. The van der Waals surface area contributed by atoms with Gasteiger partial charge >= 0.3 is 0 Å². The van der Waals surface area contributed by atoms with Crippen molar-refractivity contribution < 1.29 is 4.39 Å². The van der Waals surface area contributed by atoms with Gasteiger partial charge in [0.1, 0.15) is 5.82 Å². The number of hydrogen-bond donors (Lipinski definition) is 1. The Morgan fingerprint density at radius 2 is 2.25 bits per heavy atom. The van der Waals surface area contributed by atoms with Crippen molar-refractivity contribution in [3.8, 4) is 0 Å². The molecule has 0 spiro atoms. The van der Waals surface area contributed by atoms with Crippen LogP contribution in [0.4, 0.5) is 4.39 Å². The first kappa shape index (κ1) is 14.2. The van der Waals surface area contributed by atoms with Crippen molar-refractivity contribution in [1.82, 2.24) is 4.90 Å². The van der Waals surface area contributed by atoms with E-state index < -0.39 is 0 Å². The number of hydrogen-bond acceptors (Lipinski definition) is 3. The van der Waals surface area contributed by atoms with E-state index in [1.807, 2.05) is 11.3 Å². The van der Waals surface area contributed by atoms with Gasteiger partial charge in [0.25, 0.3) is 0 Å². The Morgan fingerprint density at radius 3 is 3.05 bits per heavy atom. The van der Waals surface area contributed by atoms with Crippen molar-refractivity contribution >= 4 is 27.3 Å². The molecule has 0 saturated carbocycles. The van der Waals surface area contributed by atoms with Gasteiger partial charge < -0.3 is 5.73 Å². The fraction of sp³-hybridized carbons (Fsp3) is 0.333. The van der Waals surface area contributed by atoms with Gasteiger partial charge in [-0.3, -0.25) is 4.90 Å². The van der Waals surface area contributed by atoms with Crippen LogP contribution in [0.15, 0.2) is 34.1 Å². The van der Waals surface area contributed by atoms with E-state index in [9.17, 15) is 4.39 Å². The highest BCUT2D eigenvalue weighted by Crippen LogP contribution is 2.33. The molecule has 1 aromatic carbocycles. The second-order valence-corrected chi connectivity index (χ2v) is 6.86. The fourth-order valence-corrected chi connectivity index (χ4v) is 4.18. The smallest absolute Gasteiger partial charge is 0.123 e. The van der Waals surface area contributed by atoms with Crippen LogP contribution < -0.4 is 5.73 Å². The Kier molecular flexibility index (Phi) is 4.21. The van der Waals surface area contributed by atoms with Crippen LogP contribution in [0.2, 0.25) is 0 Å². The summed E-state index contributed by atoms with van der Waals surface area (Å²) in [6, 6.07) is 7.04. The molecule has 106 valence electrons. The molecule has 0 fully saturated rings. The summed E-state index contributed by atoms with van der Waals surface area (Å²) in [5, 5.41) is 2.14. The van der Waals surface area contributed by atoms with Crippen LogP contribution in [0.5, 0.6) is 0 Å². The molecule has 2 heterocycles. The van der Waals surface area contributed by atoms with E-state index in [4.69, 9.17) is 5.73 Å². The van der Waals surface area contributed by atoms with E-state index in [-0.39, 0.29) is 11.9 Å². The van der Waals surface area contributed by atoms with Crippen molar-refractivity contribution in [3.05, 3.63) is 55.9 Å². The van der Waals surface area contributed by atoms with Crippen molar-refractivity contribution in [3.63, 3.8) is 0 Å². The maximum absolute atomic E-state index is 13.5. The largest absolute Gasteiger partial charge is 0.329 e. The predicted octanol–water partition coefficient (Wildman–Crippen LogP) is 3.71. The minimum atomic E-state index is -0.213. The minimum Gasteiger partial charge on any atom is -0.329 e. The molecule has 0 aliphatic carbocycles. The quantitative estimate of drug-likeness (QED) is 0.910. The number of fused-ring (bicyclic) bond motifs is 1. The second-order valence-electron chi connectivity index (χ2n) is 5.01. The summed E-state index contributed by atoms with van der Waals surface area (Å²) < 4.78 is 14.4. The molecule has 1 unspecified atom stereocenters. The third kappa shape index (κ3) is 2.68. The lowest BCUT2D eigenvalue weighted by Gasteiger charge is -2.34. The molecule has 1 aliphatic heterocycles. The summed E-state index contributed by atoms with van der Waals surface area (Å²) in [5.41, 5.74) is 8.29. The van der Waals surface area contributed by atoms with Crippen LogP contribution in [0, 0.1) is 5.82 Å². The lowest BCUT2D eigenvalue weighted by molar-refractivity contribution is 0.184. The van der Waals surface area contributed by atoms with Crippen LogP contribution in [0.1, 0.15) is 22.0 Å². The normalized spacial score (nSPS) is 16.9. The van der Waals surface area contributed by atoms with Crippen LogP contribution in [0.3, 0.4) is 0 Å². The maximum atomic E-state index is 13.5. The van der Waals surface area contributed by atoms with E-state index >= 15 is 0 Å². The highest BCUT2D eigenvalue weighted by atomic mass is 79.9. The van der Waals surface area contributed by atoms with E-state index in [2.05, 4.69) is 32.3 Å². The molecule has 3 rings (SSSR count). The van der Waals surface area contributed by atoms with Crippen molar-refractivity contribution in [2.45, 2.75) is 19.0 Å². The molecule has 0 bridgehead atoms. The lowest BCUT2D eigenvalue weighted by Crippen LogP contribution is -2.37. The maximum Gasteiger partial charge on any atom is 0.123 e. The van der Waals surface area contributed by atoms with Gasteiger partial charge in [-0.25, -0.2) is 4.39 Å². The van der Waals surface area contributed by atoms with Gasteiger partial charge in [0.15, 0.2) is 0 Å². The number of halogens is 2. The van der Waals surface area contributed by atoms with Gasteiger partial charge in [0.05, 0.1) is 0 Å². The summed E-state index contributed by atoms with van der Waals surface area (Å²) in [7, 11) is 0. The topological polar surface area (TPSA) is 29.3 Å². The molecule has 0 radical (unpaired) electrons. The monoisotopic (exact) mass is 354 g/mol. The number of thiophene rings is 1. The molecule has 2 aromatic rings. The number of rotatable bonds is 3. The van der Waals surface area contributed by atoms with Crippen molar-refractivity contribution in [1.29, 1.82) is 0 Å². The van der Waals surface area contributed by atoms with E-state index in [0.717, 1.165) is 29.5 Å². The first-order valence-corrected chi connectivity index (χ1v) is 8.30. The summed E-state index contributed by atoms with van der Waals surface area (Å²) in [5.74, 6) is -0.213. The Hall–Kier alpha value is -0.750. The molecule has 2 N–H and O–H groups in total. The van der Waals surface area contributed by atoms with Crippen LogP contribution in [-0.2, 0) is 13.0 Å². The summed E-state index contributed by atoms with van der Waals surface area (Å²) >= 11 is 5.34. The molecular weight excluding hydrogens is 339 g/mol. The molecule has 1 aliphatic rings. The minimum absolute atomic E-state index is 0.0492. The second kappa shape index (κ2) is 5.93. The Labute approximate surface area is 130 Å². The first-order valence-electron chi connectivity index (χ1n) is 6.63. The van der Waals surface area contributed by atoms with Crippen LogP contribution >= 0.6 is 27.3 Å². The average Bonchev–Trinajstić information content (AvgIpc) is 2.91. The number of nitrogens with zero attached hydrogens (tertiary/aromatic N) is 1. The SMILES string of the molecule is NCC(c1cc(F)ccc1Br)N1CCc2sccc2C1. The molecular formula is C15H16BrFN2S. The van der Waals surface area contributed by atoms with Gasteiger partial charge in [0, 0.05) is 35.0 Å². The Morgan fingerprint density at radius 1 is 1.40 bits per heavy atom. The lowest BCUT2D eigenvalue weighted by atomic mass is 10.0. The molecule has 1 aromatic heterocycles. The molecule has 20 heavy (non-hydrogen) atoms. The zero-order valence-electron chi connectivity index (χ0n) is 11.0. The zero-order valence-corrected chi connectivity index (χ0v) is 13.4. The Balaban J connectivity index is 1.89. The van der Waals surface area contributed by atoms with Gasteiger partial charge in [-0.1, -0.05) is 15.9 Å². The van der Waals surface area contributed by atoms with E-state index in [1.54, 1.807) is 12.1 Å². The molecule has 0 amide bonds. The third-order valence-corrected chi connectivity index (χ3v) is 5.56. The Bertz CT molecular complexity index is 614. The summed E-state index contributed by atoms with van der Waals surface area (Å²) in [6.07, 6.45) is 1.05. The van der Waals surface area contributed by atoms with Gasteiger partial charge in [-0.05, 0) is 47.2 Å². The number of nitrogens with two attached hydrogens (primary N) is 1. The predicted molar refractivity (Wildman–Crippen MR) is 84.3 cm³/mol. The van der Waals surface area contributed by atoms with E-state index in [1.165, 1.54) is 16.5 Å². The van der Waals surface area contributed by atoms with Crippen molar-refractivity contribution in [2.24, 2.45) is 5.73 Å². The van der Waals surface area contributed by atoms with Gasteiger partial charge in [-0.2, -0.15) is 0 Å². The molecule has 2 nitrogen and oxygen atoms in total. The van der Waals surface area contributed by atoms with E-state index in [0.29, 0.717) is 6.54 Å². The average molecular weight is 355 g/mol. The van der Waals surface area contributed by atoms with Crippen molar-refractivity contribution in [2.75, 3.05) is 13.1 Å². The molecule has 5 heteroatoms. The zero-order chi connectivity index (χ0) is 14.1. The summed E-state index contributed by atoms with van der Waals surface area (Å²) in [4.78, 5) is 3.81. The highest BCUT2D eigenvalue weighted by molar-refractivity contribution is 9.10. The fourth-order valence-electron chi connectivity index (χ4n) is 2.78. The van der Waals surface area contributed by atoms with Gasteiger partial charge in [0.2, 0.25) is 0 Å². The molecule has 0 saturated heterocycles. The van der Waals surface area contributed by atoms with Crippen LogP contribution in [0.25, 0.3) is 0 Å². The third-order valence-electron chi connectivity index (χ3n) is 3.82. The number of benzene rings is 1.